The highest BCUT2D eigenvalue weighted by atomic mass is 16.7. The Kier molecular flexibility index (Phi) is 5.71. The Morgan fingerprint density at radius 2 is 1.97 bits per heavy atom. The van der Waals surface area contributed by atoms with E-state index in [-0.39, 0.29) is 30.7 Å². The number of nitrogens with one attached hydrogen (secondary N) is 1. The Morgan fingerprint density at radius 3 is 2.74 bits per heavy atom. The van der Waals surface area contributed by atoms with E-state index in [1.807, 2.05) is 48.3 Å². The molecule has 0 radical (unpaired) electrons. The summed E-state index contributed by atoms with van der Waals surface area (Å²) in [6, 6.07) is 15.1. The summed E-state index contributed by atoms with van der Waals surface area (Å²) in [7, 11) is 1.88. The molecule has 0 spiro atoms. The van der Waals surface area contributed by atoms with Gasteiger partial charge in [0.25, 0.3) is 5.91 Å². The molecule has 0 bridgehead atoms. The minimum absolute atomic E-state index is 0.0159. The SMILES string of the molecule is C/C(=N/NC(=O)c1nnn(-c2nonc2N)c1CN(C)c1ccccc1)c1ccc2c(c1)OCO2. The molecule has 0 saturated carbocycles. The van der Waals surface area contributed by atoms with Crippen LogP contribution < -0.4 is 25.5 Å². The molecule has 0 fully saturated rings. The van der Waals surface area contributed by atoms with Gasteiger partial charge in [-0.1, -0.05) is 23.4 Å². The molecule has 3 heterocycles. The van der Waals surface area contributed by atoms with Gasteiger partial charge in [-0.25, -0.2) is 10.1 Å². The van der Waals surface area contributed by atoms with Gasteiger partial charge in [-0.05, 0) is 47.6 Å². The molecule has 13 nitrogen and oxygen atoms in total. The van der Waals surface area contributed by atoms with Crippen LogP contribution in [0.1, 0.15) is 28.7 Å². The summed E-state index contributed by atoms with van der Waals surface area (Å²) in [6.07, 6.45) is 0. The van der Waals surface area contributed by atoms with Gasteiger partial charge in [-0.15, -0.1) is 5.10 Å². The van der Waals surface area contributed by atoms with E-state index in [4.69, 9.17) is 19.8 Å². The molecule has 3 N–H and O–H groups in total. The molecule has 35 heavy (non-hydrogen) atoms. The molecule has 0 unspecified atom stereocenters. The van der Waals surface area contributed by atoms with Crippen molar-refractivity contribution in [3.63, 3.8) is 0 Å². The minimum Gasteiger partial charge on any atom is -0.454 e. The number of benzene rings is 2. The first-order valence-corrected chi connectivity index (χ1v) is 10.5. The first-order chi connectivity index (χ1) is 17.0. The fourth-order valence-corrected chi connectivity index (χ4v) is 3.50. The molecule has 0 saturated heterocycles. The van der Waals surface area contributed by atoms with Crippen LogP contribution in [0, 0.1) is 0 Å². The van der Waals surface area contributed by atoms with Crippen LogP contribution in [0.25, 0.3) is 5.82 Å². The first kappa shape index (κ1) is 21.9. The Labute approximate surface area is 199 Å². The number of anilines is 2. The number of amides is 1. The molecule has 0 atom stereocenters. The summed E-state index contributed by atoms with van der Waals surface area (Å²) in [5.74, 6) is 0.880. The van der Waals surface area contributed by atoms with E-state index < -0.39 is 5.91 Å². The van der Waals surface area contributed by atoms with Crippen molar-refractivity contribution in [3.8, 4) is 17.3 Å². The lowest BCUT2D eigenvalue weighted by Crippen LogP contribution is -2.25. The normalized spacial score (nSPS) is 12.6. The third kappa shape index (κ3) is 4.34. The maximum absolute atomic E-state index is 13.1. The molecule has 1 aliphatic rings. The average molecular weight is 475 g/mol. The van der Waals surface area contributed by atoms with Crippen LogP contribution in [0.4, 0.5) is 11.5 Å². The Bertz CT molecular complexity index is 1400. The number of nitrogen functional groups attached to an aromatic ring is 1. The van der Waals surface area contributed by atoms with Crippen LogP contribution in [0.15, 0.2) is 58.3 Å². The van der Waals surface area contributed by atoms with Gasteiger partial charge in [0, 0.05) is 18.3 Å². The summed E-state index contributed by atoms with van der Waals surface area (Å²) in [5, 5.41) is 19.7. The lowest BCUT2D eigenvalue weighted by molar-refractivity contribution is 0.0948. The maximum Gasteiger partial charge on any atom is 0.293 e. The fraction of sp³-hybridized carbons (Fsp3) is 0.182. The standard InChI is InChI=1S/C22H21N9O4/c1-13(14-8-9-17-18(10-14)34-12-33-17)24-26-22(32)19-16(11-30(2)15-6-4-3-5-7-15)31(29-25-19)21-20(23)27-35-28-21/h3-10H,11-12H2,1-2H3,(H2,23,27)(H,26,32)/b24-13-. The molecule has 2 aromatic carbocycles. The largest absolute Gasteiger partial charge is 0.454 e. The van der Waals surface area contributed by atoms with E-state index >= 15 is 0 Å². The summed E-state index contributed by atoms with van der Waals surface area (Å²) >= 11 is 0. The molecular weight excluding hydrogens is 454 g/mol. The highest BCUT2D eigenvalue weighted by Gasteiger charge is 2.25. The minimum atomic E-state index is -0.553. The molecule has 4 aromatic rings. The number of carbonyl (C=O) groups is 1. The van der Waals surface area contributed by atoms with E-state index in [0.29, 0.717) is 22.9 Å². The quantitative estimate of drug-likeness (QED) is 0.298. The Morgan fingerprint density at radius 1 is 1.17 bits per heavy atom. The van der Waals surface area contributed by atoms with Crippen LogP contribution >= 0.6 is 0 Å². The number of para-hydroxylation sites is 1. The average Bonchev–Trinajstić information content (AvgIpc) is 3.62. The monoisotopic (exact) mass is 475 g/mol. The Balaban J connectivity index is 1.42. The zero-order valence-electron chi connectivity index (χ0n) is 18.9. The molecule has 13 heteroatoms. The van der Waals surface area contributed by atoms with Crippen molar-refractivity contribution in [3.05, 3.63) is 65.5 Å². The number of rotatable bonds is 7. The molecule has 178 valence electrons. The van der Waals surface area contributed by atoms with Crippen molar-refractivity contribution in [2.75, 3.05) is 24.5 Å². The number of hydrazone groups is 1. The van der Waals surface area contributed by atoms with Gasteiger partial charge in [0.05, 0.1) is 18.0 Å². The van der Waals surface area contributed by atoms with Crippen molar-refractivity contribution in [1.82, 2.24) is 30.7 Å². The molecule has 1 amide bonds. The van der Waals surface area contributed by atoms with Gasteiger partial charge in [-0.3, -0.25) is 4.79 Å². The Hall–Kier alpha value is -4.94. The highest BCUT2D eigenvalue weighted by Crippen LogP contribution is 2.32. The third-order valence-corrected chi connectivity index (χ3v) is 5.37. The van der Waals surface area contributed by atoms with Gasteiger partial charge >= 0.3 is 0 Å². The summed E-state index contributed by atoms with van der Waals surface area (Å²) in [6.45, 7) is 2.20. The van der Waals surface area contributed by atoms with Crippen LogP contribution in [-0.2, 0) is 6.54 Å². The van der Waals surface area contributed by atoms with E-state index in [2.05, 4.69) is 31.2 Å². The highest BCUT2D eigenvalue weighted by molar-refractivity contribution is 6.01. The van der Waals surface area contributed by atoms with Crippen molar-refractivity contribution in [2.45, 2.75) is 13.5 Å². The second kappa shape index (κ2) is 9.13. The molecule has 5 rings (SSSR count). The van der Waals surface area contributed by atoms with E-state index in [0.717, 1.165) is 11.3 Å². The number of aromatic nitrogens is 5. The number of ether oxygens (including phenoxy) is 2. The third-order valence-electron chi connectivity index (χ3n) is 5.37. The van der Waals surface area contributed by atoms with E-state index in [1.54, 1.807) is 19.1 Å². The lowest BCUT2D eigenvalue weighted by Gasteiger charge is -2.19. The zero-order chi connectivity index (χ0) is 24.4. The van der Waals surface area contributed by atoms with Gasteiger partial charge in [-0.2, -0.15) is 9.78 Å². The van der Waals surface area contributed by atoms with Crippen molar-refractivity contribution < 1.29 is 18.9 Å². The smallest absolute Gasteiger partial charge is 0.293 e. The zero-order valence-corrected chi connectivity index (χ0v) is 18.9. The van der Waals surface area contributed by atoms with Gasteiger partial charge in [0.2, 0.25) is 18.4 Å². The topological polar surface area (TPSA) is 159 Å². The number of nitrogens with zero attached hydrogens (tertiary/aromatic N) is 7. The van der Waals surface area contributed by atoms with Crippen LogP contribution in [0.3, 0.4) is 0 Å². The molecule has 0 aliphatic carbocycles. The predicted octanol–water partition coefficient (Wildman–Crippen LogP) is 1.75. The number of carbonyl (C=O) groups excluding carboxylic acids is 1. The number of fused-ring (bicyclic) bond motifs is 1. The lowest BCUT2D eigenvalue weighted by atomic mass is 10.1. The van der Waals surface area contributed by atoms with Crippen LogP contribution in [-0.4, -0.2) is 50.8 Å². The van der Waals surface area contributed by atoms with Crippen molar-refractivity contribution in [2.24, 2.45) is 5.10 Å². The predicted molar refractivity (Wildman–Crippen MR) is 124 cm³/mol. The number of hydrogen-bond donors (Lipinski definition) is 2. The summed E-state index contributed by atoms with van der Waals surface area (Å²) in [4.78, 5) is 15.0. The molecule has 1 aliphatic heterocycles. The first-order valence-electron chi connectivity index (χ1n) is 10.5. The van der Waals surface area contributed by atoms with Gasteiger partial charge < -0.3 is 20.1 Å². The second-order valence-electron chi connectivity index (χ2n) is 7.67. The van der Waals surface area contributed by atoms with Crippen molar-refractivity contribution >= 4 is 23.1 Å². The molecule has 2 aromatic heterocycles. The summed E-state index contributed by atoms with van der Waals surface area (Å²) < 4.78 is 16.8. The number of nitrogens with two attached hydrogens (primary N) is 1. The van der Waals surface area contributed by atoms with Gasteiger partial charge in [0.15, 0.2) is 17.2 Å². The summed E-state index contributed by atoms with van der Waals surface area (Å²) in [5.41, 5.74) is 11.1. The fourth-order valence-electron chi connectivity index (χ4n) is 3.50. The second-order valence-corrected chi connectivity index (χ2v) is 7.67. The van der Waals surface area contributed by atoms with Crippen LogP contribution in [0.5, 0.6) is 11.5 Å². The van der Waals surface area contributed by atoms with Crippen molar-refractivity contribution in [1.29, 1.82) is 0 Å². The molecular formula is C22H21N9O4. The van der Waals surface area contributed by atoms with Crippen LogP contribution in [0.2, 0.25) is 0 Å². The van der Waals surface area contributed by atoms with E-state index in [9.17, 15) is 4.79 Å². The maximum atomic E-state index is 13.1. The number of hydrogen-bond acceptors (Lipinski definition) is 11. The van der Waals surface area contributed by atoms with Gasteiger partial charge in [0.1, 0.15) is 0 Å². The van der Waals surface area contributed by atoms with E-state index in [1.165, 1.54) is 4.68 Å².